The van der Waals surface area contributed by atoms with Crippen molar-refractivity contribution >= 4 is 25.3 Å². The first-order valence-corrected chi connectivity index (χ1v) is 8.20. The molecule has 0 saturated carbocycles. The van der Waals surface area contributed by atoms with Crippen LogP contribution >= 0.6 is 25.3 Å². The van der Waals surface area contributed by atoms with Gasteiger partial charge in [0.25, 0.3) is 0 Å². The van der Waals surface area contributed by atoms with Crippen LogP contribution in [0.25, 0.3) is 0 Å². The molecule has 3 N–H and O–H groups in total. The van der Waals surface area contributed by atoms with E-state index in [0.29, 0.717) is 5.92 Å². The van der Waals surface area contributed by atoms with Crippen LogP contribution in [0.5, 0.6) is 0 Å². The number of hydrogen-bond acceptors (Lipinski definition) is 3. The van der Waals surface area contributed by atoms with Gasteiger partial charge in [0, 0.05) is 25.6 Å². The lowest BCUT2D eigenvalue weighted by Gasteiger charge is -2.15. The minimum Gasteiger partial charge on any atom is -0.391 e. The van der Waals surface area contributed by atoms with Crippen LogP contribution in [-0.4, -0.2) is 30.8 Å². The van der Waals surface area contributed by atoms with E-state index in [-0.39, 0.29) is 13.6 Å². The Hall–Kier alpha value is 1.17. The summed E-state index contributed by atoms with van der Waals surface area (Å²) in [6.45, 7) is 2.59. The van der Waals surface area contributed by atoms with Crippen molar-refractivity contribution in [3.63, 3.8) is 0 Å². The van der Waals surface area contributed by atoms with E-state index in [1.54, 1.807) is 0 Å². The summed E-state index contributed by atoms with van der Waals surface area (Å²) < 4.78 is 0. The Labute approximate surface area is 73.1 Å². The van der Waals surface area contributed by atoms with E-state index >= 15 is 0 Å². The fourth-order valence-electron chi connectivity index (χ4n) is 1.15. The second-order valence-corrected chi connectivity index (χ2v) is 9.01. The van der Waals surface area contributed by atoms with Gasteiger partial charge >= 0.3 is 0 Å². The summed E-state index contributed by atoms with van der Waals surface area (Å²) in [5.74, 6) is 0.390. The lowest BCUT2D eigenvalue weighted by molar-refractivity contribution is 0.150. The van der Waals surface area contributed by atoms with E-state index in [1.807, 2.05) is 0 Å². The van der Waals surface area contributed by atoms with Crippen LogP contribution in [0.2, 0.25) is 0 Å². The van der Waals surface area contributed by atoms with E-state index in [0.717, 1.165) is 19.6 Å². The van der Waals surface area contributed by atoms with Gasteiger partial charge < -0.3 is 10.4 Å². The summed E-state index contributed by atoms with van der Waals surface area (Å²) in [5.41, 5.74) is 0. The van der Waals surface area contributed by atoms with Gasteiger partial charge in [0.15, 0.2) is 0 Å². The molecule has 0 aliphatic carbocycles. The van der Waals surface area contributed by atoms with E-state index in [2.05, 4.69) is 28.3 Å². The van der Waals surface area contributed by atoms with Crippen molar-refractivity contribution in [3.05, 3.63) is 0 Å². The second-order valence-electron chi connectivity index (χ2n) is 2.76. The third-order valence-corrected chi connectivity index (χ3v) is 3.48. The van der Waals surface area contributed by atoms with Crippen molar-refractivity contribution in [1.82, 2.24) is 10.4 Å². The maximum atomic E-state index is 9.39. The monoisotopic (exact) mass is 212 g/mol. The molecule has 1 saturated heterocycles. The number of rotatable bonds is 3. The van der Waals surface area contributed by atoms with E-state index < -0.39 is 0 Å². The quantitative estimate of drug-likeness (QED) is 0.583. The third-order valence-electron chi connectivity index (χ3n) is 1.84. The Bertz CT molecular complexity index is 124. The molecule has 1 fully saturated rings. The first-order valence-electron chi connectivity index (χ1n) is 3.62. The minimum atomic E-state index is -0.191. The average molecular weight is 212 g/mol. The number of hydrogen-bond donors (Lipinski definition) is 3. The highest BCUT2D eigenvalue weighted by Crippen LogP contribution is 2.48. The van der Waals surface area contributed by atoms with Crippen LogP contribution in [0.4, 0.5) is 0 Å². The van der Waals surface area contributed by atoms with Gasteiger partial charge in [-0.25, -0.2) is 0 Å². The molecule has 0 bridgehead atoms. The molecule has 6 heteroatoms. The van der Waals surface area contributed by atoms with E-state index in [1.165, 1.54) is 0 Å². The Morgan fingerprint density at radius 2 is 2.27 bits per heavy atom. The fraction of sp³-hybridized carbons (Fsp3) is 1.00. The zero-order valence-corrected chi connectivity index (χ0v) is 9.53. The van der Waals surface area contributed by atoms with Crippen molar-refractivity contribution in [1.29, 1.82) is 0 Å². The normalized spacial score (nSPS) is 31.6. The van der Waals surface area contributed by atoms with Gasteiger partial charge in [0.2, 0.25) is 0 Å². The standard InChI is InChI=1S/C5H15N2OP3/c8-5-3-6-1-4(5)2-7-11(9)10/h4-8H,1-3,9-10H2/t4-,5+/m0/s1. The first-order chi connectivity index (χ1) is 5.20. The van der Waals surface area contributed by atoms with Crippen molar-refractivity contribution in [2.45, 2.75) is 6.10 Å². The smallest absolute Gasteiger partial charge is 0.0717 e. The summed E-state index contributed by atoms with van der Waals surface area (Å²) in [6.07, 6.45) is -0.160. The number of β-amino-alcohol motifs (C(OH)–C–C–N with tert-alkyl or cyclic N) is 1. The van der Waals surface area contributed by atoms with E-state index in [4.69, 9.17) is 0 Å². The number of aliphatic hydroxyl groups excluding tert-OH is 1. The van der Waals surface area contributed by atoms with Gasteiger partial charge in [-0.05, 0) is 7.45 Å². The van der Waals surface area contributed by atoms with E-state index in [9.17, 15) is 5.11 Å². The molecule has 1 rings (SSSR count). The highest BCUT2D eigenvalue weighted by molar-refractivity contribution is 8.42. The lowest BCUT2D eigenvalue weighted by Crippen LogP contribution is -2.26. The van der Waals surface area contributed by atoms with Crippen molar-refractivity contribution in [2.24, 2.45) is 5.92 Å². The molecule has 11 heavy (non-hydrogen) atoms. The second kappa shape index (κ2) is 5.02. The SMILES string of the molecule is O[C@@H]1CNC[C@H]1CNP(P)P. The van der Waals surface area contributed by atoms with Crippen LogP contribution in [0.1, 0.15) is 0 Å². The fourth-order valence-corrected chi connectivity index (χ4v) is 2.23. The predicted molar refractivity (Wildman–Crippen MR) is 56.7 cm³/mol. The molecule has 3 nitrogen and oxygen atoms in total. The molecule has 0 amide bonds. The first kappa shape index (κ1) is 10.3. The van der Waals surface area contributed by atoms with Crippen LogP contribution in [0, 0.1) is 5.92 Å². The summed E-state index contributed by atoms with van der Waals surface area (Å²) in [7, 11) is 5.23. The topological polar surface area (TPSA) is 44.3 Å². The molecule has 0 spiro atoms. The molecule has 4 atom stereocenters. The van der Waals surface area contributed by atoms with Gasteiger partial charge in [-0.15, -0.1) is 0 Å². The summed E-state index contributed by atoms with van der Waals surface area (Å²) in [6, 6.07) is 0. The Balaban J connectivity index is 2.15. The van der Waals surface area contributed by atoms with Crippen molar-refractivity contribution < 1.29 is 5.11 Å². The average Bonchev–Trinajstić information content (AvgIpc) is 2.31. The molecular formula is C5H15N2OP3. The number of nitrogens with one attached hydrogen (secondary N) is 2. The molecule has 0 aromatic heterocycles. The molecule has 1 aliphatic rings. The molecule has 1 aliphatic heterocycles. The molecular weight excluding hydrogens is 197 g/mol. The highest BCUT2D eigenvalue weighted by Gasteiger charge is 2.24. The Morgan fingerprint density at radius 1 is 1.55 bits per heavy atom. The van der Waals surface area contributed by atoms with Crippen LogP contribution in [-0.2, 0) is 0 Å². The van der Waals surface area contributed by atoms with Gasteiger partial charge in [0.1, 0.15) is 0 Å². The van der Waals surface area contributed by atoms with Crippen LogP contribution in [0.3, 0.4) is 0 Å². The molecule has 0 radical (unpaired) electrons. The molecule has 0 aromatic rings. The number of aliphatic hydroxyl groups is 1. The Kier molecular flexibility index (Phi) is 4.68. The third kappa shape index (κ3) is 3.59. The predicted octanol–water partition coefficient (Wildman–Crippen LogP) is 0.133. The zero-order valence-electron chi connectivity index (χ0n) is 6.33. The lowest BCUT2D eigenvalue weighted by atomic mass is 10.1. The minimum absolute atomic E-state index is 0.160. The largest absolute Gasteiger partial charge is 0.391 e. The maximum absolute atomic E-state index is 9.39. The summed E-state index contributed by atoms with van der Waals surface area (Å²) in [4.78, 5) is 0. The molecule has 66 valence electrons. The maximum Gasteiger partial charge on any atom is 0.0717 e. The van der Waals surface area contributed by atoms with Gasteiger partial charge in [-0.1, -0.05) is 17.9 Å². The highest BCUT2D eigenvalue weighted by atomic mass is 32.4. The Morgan fingerprint density at radius 3 is 2.73 bits per heavy atom. The molecule has 0 aromatic carbocycles. The molecule has 2 unspecified atom stereocenters. The van der Waals surface area contributed by atoms with Crippen molar-refractivity contribution in [2.75, 3.05) is 19.6 Å². The van der Waals surface area contributed by atoms with Crippen molar-refractivity contribution in [3.8, 4) is 0 Å². The summed E-state index contributed by atoms with van der Waals surface area (Å²) >= 11 is 0. The zero-order chi connectivity index (χ0) is 8.27. The van der Waals surface area contributed by atoms with Crippen LogP contribution < -0.4 is 10.4 Å². The van der Waals surface area contributed by atoms with Gasteiger partial charge in [0.05, 0.1) is 6.10 Å². The molecule has 1 heterocycles. The van der Waals surface area contributed by atoms with Gasteiger partial charge in [-0.3, -0.25) is 5.09 Å². The van der Waals surface area contributed by atoms with Gasteiger partial charge in [-0.2, -0.15) is 0 Å². The van der Waals surface area contributed by atoms with Crippen LogP contribution in [0.15, 0.2) is 0 Å². The summed E-state index contributed by atoms with van der Waals surface area (Å²) in [5, 5.41) is 15.9.